The molecule has 0 spiro atoms. The fraction of sp³-hybridized carbons (Fsp3) is 0.600. The largest absolute Gasteiger partial charge is 0.330 e. The Morgan fingerprint density at radius 1 is 1.53 bits per heavy atom. The van der Waals surface area contributed by atoms with Crippen molar-refractivity contribution in [1.82, 2.24) is 4.90 Å². The van der Waals surface area contributed by atoms with E-state index >= 15 is 0 Å². The summed E-state index contributed by atoms with van der Waals surface area (Å²) in [6.07, 6.45) is 3.62. The molecule has 2 rings (SSSR count). The summed E-state index contributed by atoms with van der Waals surface area (Å²) >= 11 is 3.47. The van der Waals surface area contributed by atoms with Crippen molar-refractivity contribution in [2.45, 2.75) is 32.2 Å². The van der Waals surface area contributed by atoms with Gasteiger partial charge in [-0.1, -0.05) is 22.0 Å². The number of nitrogens with two attached hydrogens (primary N) is 1. The molecule has 1 aliphatic heterocycles. The van der Waals surface area contributed by atoms with Crippen molar-refractivity contribution >= 4 is 15.9 Å². The van der Waals surface area contributed by atoms with E-state index in [2.05, 4.69) is 27.8 Å². The second-order valence-electron chi connectivity index (χ2n) is 5.42. The lowest BCUT2D eigenvalue weighted by molar-refractivity contribution is 0.128. The molecule has 1 aromatic carbocycles. The molecule has 1 fully saturated rings. The molecular weight excluding hydrogens is 307 g/mol. The lowest BCUT2D eigenvalue weighted by Gasteiger charge is -2.37. The van der Waals surface area contributed by atoms with Gasteiger partial charge in [0.1, 0.15) is 5.82 Å². The fourth-order valence-electron chi connectivity index (χ4n) is 2.96. The third-order valence-electron chi connectivity index (χ3n) is 4.09. The maximum atomic E-state index is 13.2. The molecule has 1 heterocycles. The second-order valence-corrected chi connectivity index (χ2v) is 6.28. The Morgan fingerprint density at radius 2 is 2.32 bits per heavy atom. The molecular formula is C15H22BrFN2. The molecule has 0 saturated carbocycles. The molecule has 1 aliphatic rings. The van der Waals surface area contributed by atoms with Gasteiger partial charge < -0.3 is 5.73 Å². The lowest BCUT2D eigenvalue weighted by atomic mass is 9.93. The van der Waals surface area contributed by atoms with Crippen LogP contribution < -0.4 is 5.73 Å². The number of rotatable bonds is 4. The van der Waals surface area contributed by atoms with Gasteiger partial charge in [-0.05, 0) is 62.9 Å². The number of benzene rings is 1. The molecule has 1 saturated heterocycles. The second kappa shape index (κ2) is 6.82. The van der Waals surface area contributed by atoms with Crippen molar-refractivity contribution in [3.05, 3.63) is 34.1 Å². The third kappa shape index (κ3) is 3.77. The number of hydrogen-bond donors (Lipinski definition) is 1. The SMILES string of the molecule is CC(c1ccc(F)cc1Br)N1CCCC(CCN)C1. The van der Waals surface area contributed by atoms with Crippen LogP contribution in [0.1, 0.15) is 37.8 Å². The number of hydrogen-bond acceptors (Lipinski definition) is 2. The van der Waals surface area contributed by atoms with Crippen LogP contribution in [-0.4, -0.2) is 24.5 Å². The van der Waals surface area contributed by atoms with Gasteiger partial charge in [0.05, 0.1) is 0 Å². The van der Waals surface area contributed by atoms with E-state index in [1.54, 1.807) is 6.07 Å². The van der Waals surface area contributed by atoms with Crippen LogP contribution in [0.3, 0.4) is 0 Å². The summed E-state index contributed by atoms with van der Waals surface area (Å²) in [7, 11) is 0. The molecule has 0 aromatic heterocycles. The van der Waals surface area contributed by atoms with Gasteiger partial charge in [-0.25, -0.2) is 4.39 Å². The van der Waals surface area contributed by atoms with Gasteiger partial charge in [0.25, 0.3) is 0 Å². The summed E-state index contributed by atoms with van der Waals surface area (Å²) in [4.78, 5) is 2.49. The minimum absolute atomic E-state index is 0.192. The van der Waals surface area contributed by atoms with E-state index in [-0.39, 0.29) is 5.82 Å². The highest BCUT2D eigenvalue weighted by molar-refractivity contribution is 9.10. The van der Waals surface area contributed by atoms with Crippen LogP contribution >= 0.6 is 15.9 Å². The Kier molecular flexibility index (Phi) is 5.37. The van der Waals surface area contributed by atoms with Crippen LogP contribution in [0.2, 0.25) is 0 Å². The van der Waals surface area contributed by atoms with Crippen molar-refractivity contribution < 1.29 is 4.39 Å². The molecule has 19 heavy (non-hydrogen) atoms. The Bertz CT molecular complexity index is 423. The quantitative estimate of drug-likeness (QED) is 0.912. The molecule has 1 aromatic rings. The van der Waals surface area contributed by atoms with Gasteiger partial charge >= 0.3 is 0 Å². The van der Waals surface area contributed by atoms with Gasteiger partial charge in [-0.15, -0.1) is 0 Å². The van der Waals surface area contributed by atoms with Gasteiger partial charge in [0.15, 0.2) is 0 Å². The summed E-state index contributed by atoms with van der Waals surface area (Å²) in [5.41, 5.74) is 6.83. The van der Waals surface area contributed by atoms with E-state index in [9.17, 15) is 4.39 Å². The first kappa shape index (κ1) is 14.9. The molecule has 0 radical (unpaired) electrons. The van der Waals surface area contributed by atoms with Crippen molar-refractivity contribution in [2.24, 2.45) is 11.7 Å². The topological polar surface area (TPSA) is 29.3 Å². The van der Waals surface area contributed by atoms with Crippen LogP contribution in [0.25, 0.3) is 0 Å². The van der Waals surface area contributed by atoms with Crippen LogP contribution in [0.15, 0.2) is 22.7 Å². The van der Waals surface area contributed by atoms with E-state index in [0.717, 1.165) is 36.1 Å². The zero-order valence-corrected chi connectivity index (χ0v) is 13.0. The van der Waals surface area contributed by atoms with E-state index < -0.39 is 0 Å². The molecule has 4 heteroatoms. The third-order valence-corrected chi connectivity index (χ3v) is 4.77. The van der Waals surface area contributed by atoms with E-state index in [0.29, 0.717) is 12.0 Å². The number of nitrogens with zero attached hydrogens (tertiary/aromatic N) is 1. The molecule has 0 aliphatic carbocycles. The van der Waals surface area contributed by atoms with Crippen molar-refractivity contribution in [3.8, 4) is 0 Å². The Morgan fingerprint density at radius 3 is 3.00 bits per heavy atom. The summed E-state index contributed by atoms with van der Waals surface area (Å²) in [5.74, 6) is 0.517. The maximum Gasteiger partial charge on any atom is 0.124 e. The van der Waals surface area contributed by atoms with E-state index in [1.165, 1.54) is 18.9 Å². The molecule has 0 amide bonds. The van der Waals surface area contributed by atoms with Crippen LogP contribution in [-0.2, 0) is 0 Å². The first-order valence-electron chi connectivity index (χ1n) is 7.01. The monoisotopic (exact) mass is 328 g/mol. The Labute approximate surface area is 123 Å². The lowest BCUT2D eigenvalue weighted by Crippen LogP contribution is -2.38. The predicted octanol–water partition coefficient (Wildman–Crippen LogP) is 3.71. The summed E-state index contributed by atoms with van der Waals surface area (Å²) < 4.78 is 14.0. The van der Waals surface area contributed by atoms with Crippen molar-refractivity contribution in [2.75, 3.05) is 19.6 Å². The highest BCUT2D eigenvalue weighted by Gasteiger charge is 2.24. The maximum absolute atomic E-state index is 13.2. The fourth-order valence-corrected chi connectivity index (χ4v) is 3.64. The molecule has 2 nitrogen and oxygen atoms in total. The standard InChI is InChI=1S/C15H22BrFN2/c1-11(14-5-4-13(17)9-15(14)16)19-8-2-3-12(10-19)6-7-18/h4-5,9,11-12H,2-3,6-8,10,18H2,1H3. The van der Waals surface area contributed by atoms with Crippen LogP contribution in [0.4, 0.5) is 4.39 Å². The smallest absolute Gasteiger partial charge is 0.124 e. The van der Waals surface area contributed by atoms with Gasteiger partial charge in [-0.2, -0.15) is 0 Å². The van der Waals surface area contributed by atoms with E-state index in [1.807, 2.05) is 6.07 Å². The average Bonchev–Trinajstić information content (AvgIpc) is 2.39. The molecule has 0 bridgehead atoms. The summed E-state index contributed by atoms with van der Waals surface area (Å²) in [6.45, 7) is 5.18. The molecule has 2 N–H and O–H groups in total. The Hall–Kier alpha value is -0.450. The normalized spacial score (nSPS) is 22.4. The highest BCUT2D eigenvalue weighted by Crippen LogP contribution is 2.31. The average molecular weight is 329 g/mol. The first-order chi connectivity index (χ1) is 9.11. The molecule has 2 atom stereocenters. The van der Waals surface area contributed by atoms with Crippen LogP contribution in [0, 0.1) is 11.7 Å². The van der Waals surface area contributed by atoms with Gasteiger partial charge in [-0.3, -0.25) is 4.90 Å². The number of piperidine rings is 1. The number of likely N-dealkylation sites (tertiary alicyclic amines) is 1. The minimum Gasteiger partial charge on any atom is -0.330 e. The zero-order chi connectivity index (χ0) is 13.8. The zero-order valence-electron chi connectivity index (χ0n) is 11.4. The minimum atomic E-state index is -0.192. The van der Waals surface area contributed by atoms with Crippen molar-refractivity contribution in [3.63, 3.8) is 0 Å². The van der Waals surface area contributed by atoms with Crippen molar-refractivity contribution in [1.29, 1.82) is 0 Å². The first-order valence-corrected chi connectivity index (χ1v) is 7.80. The highest BCUT2D eigenvalue weighted by atomic mass is 79.9. The molecule has 106 valence electrons. The summed E-state index contributed by atoms with van der Waals surface area (Å²) in [5, 5.41) is 0. The van der Waals surface area contributed by atoms with E-state index in [4.69, 9.17) is 5.73 Å². The Balaban J connectivity index is 2.07. The van der Waals surface area contributed by atoms with Gasteiger partial charge in [0.2, 0.25) is 0 Å². The summed E-state index contributed by atoms with van der Waals surface area (Å²) in [6, 6.07) is 5.29. The van der Waals surface area contributed by atoms with Crippen LogP contribution in [0.5, 0.6) is 0 Å². The molecule has 2 unspecified atom stereocenters. The van der Waals surface area contributed by atoms with Gasteiger partial charge in [0, 0.05) is 17.1 Å². The predicted molar refractivity (Wildman–Crippen MR) is 80.5 cm³/mol. The number of halogens is 2.